The molecule has 1 aromatic rings. The Hall–Kier alpha value is -1.66. The van der Waals surface area contributed by atoms with Crippen molar-refractivity contribution in [1.29, 1.82) is 0 Å². The minimum Gasteiger partial charge on any atom is -0.339 e. The molecule has 1 aromatic carbocycles. The van der Waals surface area contributed by atoms with E-state index in [0.717, 1.165) is 13.0 Å². The average molecular weight is 314 g/mol. The van der Waals surface area contributed by atoms with E-state index in [1.54, 1.807) is 4.90 Å². The summed E-state index contributed by atoms with van der Waals surface area (Å²) in [6.45, 7) is 3.86. The Labute approximate surface area is 129 Å². The third-order valence-corrected chi connectivity index (χ3v) is 3.42. The molecular weight excluding hydrogens is 294 g/mol. The molecule has 0 saturated carbocycles. The number of halogens is 1. The number of amides is 1. The van der Waals surface area contributed by atoms with Gasteiger partial charge in [0.05, 0.1) is 15.5 Å². The summed E-state index contributed by atoms with van der Waals surface area (Å²) in [5.41, 5.74) is 0.0460. The molecule has 0 unspecified atom stereocenters. The van der Waals surface area contributed by atoms with Gasteiger partial charge in [-0.05, 0) is 40.1 Å². The molecule has 1 rings (SSSR count). The van der Waals surface area contributed by atoms with Crippen molar-refractivity contribution in [3.63, 3.8) is 0 Å². The topological polar surface area (TPSA) is 66.7 Å². The second kappa shape index (κ2) is 7.95. The van der Waals surface area contributed by atoms with Crippen LogP contribution in [-0.4, -0.2) is 54.4 Å². The van der Waals surface area contributed by atoms with E-state index in [9.17, 15) is 14.9 Å². The Kier molecular flexibility index (Phi) is 6.58. The van der Waals surface area contributed by atoms with Gasteiger partial charge in [-0.25, -0.2) is 0 Å². The van der Waals surface area contributed by atoms with E-state index < -0.39 is 4.92 Å². The van der Waals surface area contributed by atoms with Crippen molar-refractivity contribution < 1.29 is 9.72 Å². The van der Waals surface area contributed by atoms with Crippen LogP contribution in [0.4, 0.5) is 5.69 Å². The van der Waals surface area contributed by atoms with Crippen LogP contribution in [0.1, 0.15) is 23.7 Å². The molecule has 0 aliphatic heterocycles. The van der Waals surface area contributed by atoms with Crippen LogP contribution in [0.15, 0.2) is 18.2 Å². The van der Waals surface area contributed by atoms with Gasteiger partial charge >= 0.3 is 0 Å². The van der Waals surface area contributed by atoms with E-state index in [0.29, 0.717) is 13.1 Å². The predicted octanol–water partition coefficient (Wildman–Crippen LogP) is 2.66. The highest BCUT2D eigenvalue weighted by atomic mass is 35.5. The quantitative estimate of drug-likeness (QED) is 0.573. The Morgan fingerprint density at radius 1 is 1.33 bits per heavy atom. The van der Waals surface area contributed by atoms with Gasteiger partial charge in [0.15, 0.2) is 0 Å². The van der Waals surface area contributed by atoms with Crippen molar-refractivity contribution in [3.05, 3.63) is 38.9 Å². The molecule has 116 valence electrons. The van der Waals surface area contributed by atoms with Crippen molar-refractivity contribution in [3.8, 4) is 0 Å². The van der Waals surface area contributed by atoms with Gasteiger partial charge < -0.3 is 9.80 Å². The third kappa shape index (κ3) is 4.99. The Morgan fingerprint density at radius 2 is 2.00 bits per heavy atom. The molecule has 0 fully saturated rings. The summed E-state index contributed by atoms with van der Waals surface area (Å²) in [7, 11) is 3.94. The minimum atomic E-state index is -0.532. The van der Waals surface area contributed by atoms with E-state index in [2.05, 4.69) is 0 Å². The zero-order valence-electron chi connectivity index (χ0n) is 12.5. The first-order chi connectivity index (χ1) is 9.86. The first kappa shape index (κ1) is 17.4. The predicted molar refractivity (Wildman–Crippen MR) is 82.9 cm³/mol. The van der Waals surface area contributed by atoms with Gasteiger partial charge in [-0.3, -0.25) is 14.9 Å². The van der Waals surface area contributed by atoms with E-state index in [4.69, 9.17) is 11.6 Å². The van der Waals surface area contributed by atoms with Gasteiger partial charge in [0, 0.05) is 25.2 Å². The number of non-ortho nitro benzene ring substituents is 1. The molecule has 0 aliphatic carbocycles. The SMILES string of the molecule is CCN(CCCN(C)C)C(=O)c1cc([N+](=O)[O-])ccc1Cl. The molecule has 0 spiro atoms. The number of carbonyl (C=O) groups excluding carboxylic acids is 1. The monoisotopic (exact) mass is 313 g/mol. The smallest absolute Gasteiger partial charge is 0.270 e. The molecule has 0 atom stereocenters. The fourth-order valence-corrected chi connectivity index (χ4v) is 2.14. The Balaban J connectivity index is 2.89. The van der Waals surface area contributed by atoms with E-state index >= 15 is 0 Å². The number of nitrogens with zero attached hydrogens (tertiary/aromatic N) is 3. The number of hydrogen-bond donors (Lipinski definition) is 0. The van der Waals surface area contributed by atoms with E-state index in [1.807, 2.05) is 25.9 Å². The first-order valence-electron chi connectivity index (χ1n) is 6.74. The number of nitro groups is 1. The van der Waals surface area contributed by atoms with Crippen LogP contribution in [0.25, 0.3) is 0 Å². The van der Waals surface area contributed by atoms with Crippen LogP contribution in [0, 0.1) is 10.1 Å². The molecule has 0 aliphatic rings. The number of rotatable bonds is 7. The van der Waals surface area contributed by atoms with Crippen LogP contribution in [0.2, 0.25) is 5.02 Å². The molecule has 7 heteroatoms. The summed E-state index contributed by atoms with van der Waals surface area (Å²) in [5, 5.41) is 11.0. The van der Waals surface area contributed by atoms with Crippen molar-refractivity contribution in [2.24, 2.45) is 0 Å². The van der Waals surface area contributed by atoms with Crippen LogP contribution in [0.3, 0.4) is 0 Å². The van der Waals surface area contributed by atoms with Gasteiger partial charge in [0.25, 0.3) is 11.6 Å². The highest BCUT2D eigenvalue weighted by Gasteiger charge is 2.20. The number of benzene rings is 1. The Bertz CT molecular complexity index is 520. The minimum absolute atomic E-state index is 0.132. The van der Waals surface area contributed by atoms with Crippen molar-refractivity contribution >= 4 is 23.2 Å². The fraction of sp³-hybridized carbons (Fsp3) is 0.500. The molecule has 6 nitrogen and oxygen atoms in total. The third-order valence-electron chi connectivity index (χ3n) is 3.09. The van der Waals surface area contributed by atoms with Crippen molar-refractivity contribution in [2.45, 2.75) is 13.3 Å². The fourth-order valence-electron chi connectivity index (χ4n) is 1.94. The van der Waals surface area contributed by atoms with E-state index in [-0.39, 0.29) is 22.2 Å². The summed E-state index contributed by atoms with van der Waals surface area (Å²) in [6, 6.07) is 3.92. The number of carbonyl (C=O) groups is 1. The lowest BCUT2D eigenvalue weighted by Crippen LogP contribution is -2.33. The van der Waals surface area contributed by atoms with Crippen molar-refractivity contribution in [2.75, 3.05) is 33.7 Å². The molecule has 0 radical (unpaired) electrons. The highest BCUT2D eigenvalue weighted by molar-refractivity contribution is 6.33. The normalized spacial score (nSPS) is 10.7. The highest BCUT2D eigenvalue weighted by Crippen LogP contribution is 2.23. The summed E-state index contributed by atoms with van der Waals surface area (Å²) in [5.74, 6) is -0.273. The molecule has 0 saturated heterocycles. The lowest BCUT2D eigenvalue weighted by Gasteiger charge is -2.22. The van der Waals surface area contributed by atoms with E-state index in [1.165, 1.54) is 18.2 Å². The second-order valence-corrected chi connectivity index (χ2v) is 5.37. The van der Waals surface area contributed by atoms with Gasteiger partial charge in [-0.2, -0.15) is 0 Å². The maximum atomic E-state index is 12.5. The molecular formula is C14H20ClN3O3. The summed E-state index contributed by atoms with van der Waals surface area (Å²) in [4.78, 5) is 26.4. The largest absolute Gasteiger partial charge is 0.339 e. The van der Waals surface area contributed by atoms with Gasteiger partial charge in [0.1, 0.15) is 0 Å². The lowest BCUT2D eigenvalue weighted by atomic mass is 10.1. The lowest BCUT2D eigenvalue weighted by molar-refractivity contribution is -0.384. The standard InChI is InChI=1S/C14H20ClN3O3/c1-4-17(9-5-8-16(2)3)14(19)12-10-11(18(20)21)6-7-13(12)15/h6-7,10H,4-5,8-9H2,1-3H3. The van der Waals surface area contributed by atoms with Crippen LogP contribution in [0.5, 0.6) is 0 Å². The zero-order valence-corrected chi connectivity index (χ0v) is 13.3. The molecule has 0 bridgehead atoms. The second-order valence-electron chi connectivity index (χ2n) is 4.96. The zero-order chi connectivity index (χ0) is 16.0. The number of hydrogen-bond acceptors (Lipinski definition) is 4. The molecule has 0 heterocycles. The molecule has 0 N–H and O–H groups in total. The van der Waals surface area contributed by atoms with Gasteiger partial charge in [-0.1, -0.05) is 11.6 Å². The average Bonchev–Trinajstić information content (AvgIpc) is 2.43. The molecule has 1 amide bonds. The maximum absolute atomic E-state index is 12.5. The first-order valence-corrected chi connectivity index (χ1v) is 7.12. The van der Waals surface area contributed by atoms with Gasteiger partial charge in [0.2, 0.25) is 0 Å². The van der Waals surface area contributed by atoms with Gasteiger partial charge in [-0.15, -0.1) is 0 Å². The summed E-state index contributed by atoms with van der Waals surface area (Å²) in [6.07, 6.45) is 0.832. The summed E-state index contributed by atoms with van der Waals surface area (Å²) < 4.78 is 0. The van der Waals surface area contributed by atoms with Crippen molar-refractivity contribution in [1.82, 2.24) is 9.80 Å². The molecule has 0 aromatic heterocycles. The molecule has 21 heavy (non-hydrogen) atoms. The van der Waals surface area contributed by atoms with Crippen LogP contribution in [-0.2, 0) is 0 Å². The summed E-state index contributed by atoms with van der Waals surface area (Å²) >= 11 is 6.00. The number of nitro benzene ring substituents is 1. The van der Waals surface area contributed by atoms with Crippen LogP contribution < -0.4 is 0 Å². The Morgan fingerprint density at radius 3 is 2.52 bits per heavy atom. The van der Waals surface area contributed by atoms with Crippen LogP contribution >= 0.6 is 11.6 Å². The maximum Gasteiger partial charge on any atom is 0.270 e.